The van der Waals surface area contributed by atoms with Crippen LogP contribution >= 0.6 is 11.8 Å². The van der Waals surface area contributed by atoms with Crippen molar-refractivity contribution in [3.8, 4) is 0 Å². The Morgan fingerprint density at radius 3 is 2.58 bits per heavy atom. The van der Waals surface area contributed by atoms with Crippen LogP contribution in [0.2, 0.25) is 0 Å². The Labute approximate surface area is 118 Å². The Balaban J connectivity index is 2.42. The second kappa shape index (κ2) is 7.75. The monoisotopic (exact) mass is 289 g/mol. The number of carboxylic acids is 1. The van der Waals surface area contributed by atoms with Gasteiger partial charge < -0.3 is 14.7 Å². The molecular formula is C13H23NO4S. The number of thioether (sulfide) groups is 1. The second-order valence-corrected chi connectivity index (χ2v) is 6.21. The number of rotatable bonds is 7. The molecule has 1 unspecified atom stereocenters. The molecule has 1 amide bonds. The highest BCUT2D eigenvalue weighted by atomic mass is 32.2. The minimum Gasteiger partial charge on any atom is -0.479 e. The normalized spacial score (nSPS) is 24.2. The molecule has 1 aliphatic rings. The lowest BCUT2D eigenvalue weighted by Gasteiger charge is -2.27. The van der Waals surface area contributed by atoms with E-state index >= 15 is 0 Å². The maximum absolute atomic E-state index is 12.2. The molecule has 19 heavy (non-hydrogen) atoms. The van der Waals surface area contributed by atoms with Gasteiger partial charge in [-0.1, -0.05) is 6.92 Å². The molecule has 1 rings (SSSR count). The molecule has 0 saturated carbocycles. The van der Waals surface area contributed by atoms with E-state index < -0.39 is 18.2 Å². The summed E-state index contributed by atoms with van der Waals surface area (Å²) >= 11 is 1.86. The predicted molar refractivity (Wildman–Crippen MR) is 75.4 cm³/mol. The van der Waals surface area contributed by atoms with Crippen LogP contribution in [0, 0.1) is 0 Å². The van der Waals surface area contributed by atoms with Gasteiger partial charge in [0.05, 0.1) is 0 Å². The summed E-state index contributed by atoms with van der Waals surface area (Å²) < 4.78 is 5.29. The van der Waals surface area contributed by atoms with Gasteiger partial charge in [0.1, 0.15) is 6.10 Å². The van der Waals surface area contributed by atoms with Gasteiger partial charge in [0.15, 0.2) is 6.10 Å². The zero-order valence-electron chi connectivity index (χ0n) is 11.8. The highest BCUT2D eigenvalue weighted by molar-refractivity contribution is 7.99. The third-order valence-electron chi connectivity index (χ3n) is 3.46. The van der Waals surface area contributed by atoms with Crippen LogP contribution in [-0.2, 0) is 14.3 Å². The first-order valence-corrected chi connectivity index (χ1v) is 7.85. The molecule has 0 aromatic heterocycles. The van der Waals surface area contributed by atoms with Crippen LogP contribution in [0.15, 0.2) is 0 Å². The highest BCUT2D eigenvalue weighted by Crippen LogP contribution is 2.22. The standard InChI is InChI=1S/C13H23NO4S/c1-4-19-8-7-9(2)14(3)12(15)10-5-6-11(18-10)13(16)17/h9-11H,4-8H2,1-3H3,(H,16,17)/t9?,10-,11+/m0/s1. The number of carbonyl (C=O) groups excluding carboxylic acids is 1. The molecular weight excluding hydrogens is 266 g/mol. The van der Waals surface area contributed by atoms with Crippen LogP contribution in [0.3, 0.4) is 0 Å². The SMILES string of the molecule is CCSCCC(C)N(C)C(=O)[C@@H]1CC[C@H](C(=O)O)O1. The van der Waals surface area contributed by atoms with Crippen LogP contribution in [0.4, 0.5) is 0 Å². The van der Waals surface area contributed by atoms with E-state index in [0.29, 0.717) is 12.8 Å². The molecule has 0 bridgehead atoms. The summed E-state index contributed by atoms with van der Waals surface area (Å²) in [6, 6.07) is 0.152. The van der Waals surface area contributed by atoms with Crippen molar-refractivity contribution in [3.63, 3.8) is 0 Å². The van der Waals surface area contributed by atoms with Crippen LogP contribution in [0.5, 0.6) is 0 Å². The zero-order valence-corrected chi connectivity index (χ0v) is 12.6. The fraction of sp³-hybridized carbons (Fsp3) is 0.846. The van der Waals surface area contributed by atoms with Crippen molar-refractivity contribution < 1.29 is 19.4 Å². The number of carbonyl (C=O) groups is 2. The van der Waals surface area contributed by atoms with Gasteiger partial charge in [0.25, 0.3) is 5.91 Å². The molecule has 0 spiro atoms. The van der Waals surface area contributed by atoms with E-state index in [2.05, 4.69) is 6.92 Å². The van der Waals surface area contributed by atoms with E-state index in [1.165, 1.54) is 0 Å². The molecule has 0 aliphatic carbocycles. The molecule has 1 heterocycles. The minimum atomic E-state index is -0.981. The molecule has 1 N–H and O–H groups in total. The van der Waals surface area contributed by atoms with E-state index in [9.17, 15) is 9.59 Å². The van der Waals surface area contributed by atoms with Gasteiger partial charge in [-0.25, -0.2) is 4.79 Å². The quantitative estimate of drug-likeness (QED) is 0.721. The molecule has 6 heteroatoms. The van der Waals surface area contributed by atoms with Crippen molar-refractivity contribution in [2.45, 2.75) is 51.4 Å². The minimum absolute atomic E-state index is 0.0993. The second-order valence-electron chi connectivity index (χ2n) is 4.81. The fourth-order valence-electron chi connectivity index (χ4n) is 2.04. The first kappa shape index (κ1) is 16.3. The van der Waals surface area contributed by atoms with E-state index in [1.54, 1.807) is 11.9 Å². The lowest BCUT2D eigenvalue weighted by molar-refractivity contribution is -0.155. The van der Waals surface area contributed by atoms with Gasteiger partial charge in [-0.2, -0.15) is 11.8 Å². The van der Waals surface area contributed by atoms with Gasteiger partial charge in [-0.05, 0) is 37.7 Å². The summed E-state index contributed by atoms with van der Waals surface area (Å²) in [5.41, 5.74) is 0. The van der Waals surface area contributed by atoms with E-state index in [0.717, 1.165) is 17.9 Å². The smallest absolute Gasteiger partial charge is 0.332 e. The van der Waals surface area contributed by atoms with Crippen molar-refractivity contribution in [2.24, 2.45) is 0 Å². The van der Waals surface area contributed by atoms with Crippen molar-refractivity contribution in [3.05, 3.63) is 0 Å². The summed E-state index contributed by atoms with van der Waals surface area (Å²) in [5.74, 6) is 1.03. The molecule has 1 saturated heterocycles. The largest absolute Gasteiger partial charge is 0.479 e. The molecule has 1 aliphatic heterocycles. The summed E-state index contributed by atoms with van der Waals surface area (Å²) in [7, 11) is 1.76. The molecule has 0 aromatic carbocycles. The van der Waals surface area contributed by atoms with Crippen molar-refractivity contribution in [1.82, 2.24) is 4.90 Å². The first-order valence-electron chi connectivity index (χ1n) is 6.70. The Kier molecular flexibility index (Phi) is 6.65. The molecule has 1 fully saturated rings. The first-order chi connectivity index (χ1) is 8.97. The molecule has 110 valence electrons. The third-order valence-corrected chi connectivity index (χ3v) is 4.40. The van der Waals surface area contributed by atoms with E-state index in [-0.39, 0.29) is 11.9 Å². The van der Waals surface area contributed by atoms with Crippen LogP contribution in [0.25, 0.3) is 0 Å². The Bertz CT molecular complexity index is 324. The zero-order chi connectivity index (χ0) is 14.4. The summed E-state index contributed by atoms with van der Waals surface area (Å²) in [6.45, 7) is 4.13. The van der Waals surface area contributed by atoms with E-state index in [4.69, 9.17) is 9.84 Å². The molecule has 3 atom stereocenters. The number of hydrogen-bond donors (Lipinski definition) is 1. The van der Waals surface area contributed by atoms with Crippen molar-refractivity contribution in [1.29, 1.82) is 0 Å². The maximum atomic E-state index is 12.2. The Hall–Kier alpha value is -0.750. The van der Waals surface area contributed by atoms with Gasteiger partial charge >= 0.3 is 5.97 Å². The number of ether oxygens (including phenoxy) is 1. The molecule has 0 aromatic rings. The van der Waals surface area contributed by atoms with Crippen molar-refractivity contribution >= 4 is 23.6 Å². The lowest BCUT2D eigenvalue weighted by Crippen LogP contribution is -2.42. The number of nitrogens with zero attached hydrogens (tertiary/aromatic N) is 1. The number of carboxylic acid groups (broad SMARTS) is 1. The molecule has 0 radical (unpaired) electrons. The van der Waals surface area contributed by atoms with Crippen molar-refractivity contribution in [2.75, 3.05) is 18.6 Å². The summed E-state index contributed by atoms with van der Waals surface area (Å²) in [6.07, 6.45) is 0.437. The predicted octanol–water partition coefficient (Wildman–Crippen LogP) is 1.61. The summed E-state index contributed by atoms with van der Waals surface area (Å²) in [5, 5.41) is 8.85. The topological polar surface area (TPSA) is 66.8 Å². The maximum Gasteiger partial charge on any atom is 0.332 e. The van der Waals surface area contributed by atoms with Crippen LogP contribution in [-0.4, -0.2) is 58.7 Å². The van der Waals surface area contributed by atoms with Gasteiger partial charge in [0, 0.05) is 13.1 Å². The van der Waals surface area contributed by atoms with E-state index in [1.807, 2.05) is 18.7 Å². The Morgan fingerprint density at radius 2 is 2.05 bits per heavy atom. The van der Waals surface area contributed by atoms with Gasteiger partial charge in [-0.15, -0.1) is 0 Å². The average Bonchev–Trinajstić information content (AvgIpc) is 2.86. The number of hydrogen-bond acceptors (Lipinski definition) is 4. The van der Waals surface area contributed by atoms with Crippen LogP contribution in [0.1, 0.15) is 33.1 Å². The highest BCUT2D eigenvalue weighted by Gasteiger charge is 2.36. The third kappa shape index (κ3) is 4.69. The van der Waals surface area contributed by atoms with Gasteiger partial charge in [0.2, 0.25) is 0 Å². The Morgan fingerprint density at radius 1 is 1.42 bits per heavy atom. The number of aliphatic carboxylic acids is 1. The lowest BCUT2D eigenvalue weighted by atomic mass is 10.1. The number of amides is 1. The van der Waals surface area contributed by atoms with Gasteiger partial charge in [-0.3, -0.25) is 4.79 Å². The fourth-order valence-corrected chi connectivity index (χ4v) is 2.83. The van der Waals surface area contributed by atoms with Crippen LogP contribution < -0.4 is 0 Å². The average molecular weight is 289 g/mol. The number of likely N-dealkylation sites (N-methyl/N-ethyl adjacent to an activating group) is 1. The molecule has 5 nitrogen and oxygen atoms in total. The summed E-state index contributed by atoms with van der Waals surface area (Å²) in [4.78, 5) is 24.7.